The molecule has 0 radical (unpaired) electrons. The van der Waals surface area contributed by atoms with Crippen LogP contribution in [0.2, 0.25) is 0 Å². The number of nitrogens with zero attached hydrogens (tertiary/aromatic N) is 2. The lowest BCUT2D eigenvalue weighted by Crippen LogP contribution is -2.63. The Balaban J connectivity index is 1.60. The summed E-state index contributed by atoms with van der Waals surface area (Å²) < 4.78 is 5.20. The summed E-state index contributed by atoms with van der Waals surface area (Å²) in [5.41, 5.74) is -0.400. The molecule has 33 heavy (non-hydrogen) atoms. The quantitative estimate of drug-likeness (QED) is 0.277. The molecule has 0 saturated heterocycles. The van der Waals surface area contributed by atoms with Gasteiger partial charge in [-0.1, -0.05) is 49.2 Å². The molecule has 1 aromatic heterocycles. The van der Waals surface area contributed by atoms with Crippen molar-refractivity contribution in [1.82, 2.24) is 5.16 Å². The van der Waals surface area contributed by atoms with Crippen LogP contribution in [0.3, 0.4) is 0 Å². The first-order valence-electron chi connectivity index (χ1n) is 12.2. The predicted octanol–water partition coefficient (Wildman–Crippen LogP) is 4.72. The van der Waals surface area contributed by atoms with Crippen LogP contribution in [-0.2, 0) is 21.0 Å². The molecule has 7 heteroatoms. The summed E-state index contributed by atoms with van der Waals surface area (Å²) in [6.07, 6.45) is 8.24. The largest absolute Gasteiger partial charge is 0.481 e. The highest BCUT2D eigenvalue weighted by atomic mass is 16.6. The normalized spacial score (nSPS) is 41.0. The van der Waals surface area contributed by atoms with Crippen molar-refractivity contribution >= 4 is 18.5 Å². The van der Waals surface area contributed by atoms with Gasteiger partial charge in [-0.15, -0.1) is 0 Å². The molecule has 0 aromatic carbocycles. The fourth-order valence-electron chi connectivity index (χ4n) is 8.43. The van der Waals surface area contributed by atoms with Gasteiger partial charge in [-0.2, -0.15) is 0 Å². The number of oxime groups is 1. The Kier molecular flexibility index (Phi) is 4.93. The summed E-state index contributed by atoms with van der Waals surface area (Å²) >= 11 is 0. The first-order chi connectivity index (χ1) is 15.7. The minimum atomic E-state index is -1.26. The van der Waals surface area contributed by atoms with Crippen molar-refractivity contribution in [3.8, 4) is 0 Å². The van der Waals surface area contributed by atoms with E-state index in [2.05, 4.69) is 23.3 Å². The molecule has 4 aliphatic rings. The molecular weight excluding hydrogens is 420 g/mol. The van der Waals surface area contributed by atoms with E-state index in [4.69, 9.17) is 9.36 Å². The van der Waals surface area contributed by atoms with Crippen molar-refractivity contribution in [1.29, 1.82) is 0 Å². The van der Waals surface area contributed by atoms with Crippen molar-refractivity contribution < 1.29 is 24.1 Å². The molecule has 3 saturated carbocycles. The lowest BCUT2D eigenvalue weighted by molar-refractivity contribution is -0.173. The molecule has 0 aliphatic heterocycles. The second-order valence-electron chi connectivity index (χ2n) is 11.2. The number of aldehydes is 1. The van der Waals surface area contributed by atoms with Crippen LogP contribution in [-0.4, -0.2) is 28.7 Å². The molecular formula is C26H34N2O5. The van der Waals surface area contributed by atoms with E-state index in [0.29, 0.717) is 24.0 Å². The van der Waals surface area contributed by atoms with Crippen LogP contribution in [0.25, 0.3) is 0 Å². The van der Waals surface area contributed by atoms with E-state index in [1.807, 2.05) is 27.7 Å². The standard InChI is InChI=1S/C26H34N2O5/c1-14(2)22-8-18-9-25(13-29)21-7-6-15(3)19(21)10-24(18,26(22,25)23(30)31)12-27-32-11-20-16(4)28-33-17(20)5/h8,12-15,18-19,21H,6-7,9-11H2,1-5H3,(H,30,31)/b27-12+/t15-,18+,19-,21-,24+,25+,26-/m1/s1. The maximum atomic E-state index is 13.3. The molecule has 178 valence electrons. The SMILES string of the molecule is Cc1noc(C)c1CO/N=C/[C@@]12C[C@@H]3[C@H](C)CC[C@H]3[C@@]3(C=O)C[C@@H]1C=C(C(C)C)[C@]32C(=O)O. The third-order valence-electron chi connectivity index (χ3n) is 9.75. The van der Waals surface area contributed by atoms with Crippen LogP contribution in [0.4, 0.5) is 0 Å². The Labute approximate surface area is 194 Å². The van der Waals surface area contributed by atoms with Crippen LogP contribution in [0, 0.1) is 59.7 Å². The summed E-state index contributed by atoms with van der Waals surface area (Å²) in [5, 5.41) is 19.3. The zero-order valence-corrected chi connectivity index (χ0v) is 20.1. The molecule has 0 amide bonds. The number of hydrogen-bond donors (Lipinski definition) is 1. The van der Waals surface area contributed by atoms with E-state index in [0.717, 1.165) is 42.4 Å². The number of hydrogen-bond acceptors (Lipinski definition) is 6. The molecule has 0 spiro atoms. The number of aliphatic carboxylic acids is 1. The topological polar surface area (TPSA) is 102 Å². The molecule has 1 N–H and O–H groups in total. The molecule has 7 atom stereocenters. The van der Waals surface area contributed by atoms with Crippen molar-refractivity contribution in [3.05, 3.63) is 28.7 Å². The van der Waals surface area contributed by atoms with Crippen molar-refractivity contribution in [2.45, 2.75) is 66.9 Å². The van der Waals surface area contributed by atoms with Crippen LogP contribution in [0.1, 0.15) is 63.5 Å². The molecule has 0 unspecified atom stereocenters. The van der Waals surface area contributed by atoms with Gasteiger partial charge in [0.2, 0.25) is 0 Å². The Morgan fingerprint density at radius 2 is 2.09 bits per heavy atom. The van der Waals surface area contributed by atoms with Crippen LogP contribution in [0.15, 0.2) is 21.3 Å². The number of allylic oxidation sites excluding steroid dienone is 1. The van der Waals surface area contributed by atoms with Crippen LogP contribution in [0.5, 0.6) is 0 Å². The van der Waals surface area contributed by atoms with Crippen LogP contribution < -0.4 is 0 Å². The van der Waals surface area contributed by atoms with E-state index < -0.39 is 22.2 Å². The van der Waals surface area contributed by atoms with E-state index in [1.54, 1.807) is 6.21 Å². The van der Waals surface area contributed by atoms with Gasteiger partial charge in [0.1, 0.15) is 24.1 Å². The van der Waals surface area contributed by atoms with E-state index >= 15 is 0 Å². The van der Waals surface area contributed by atoms with E-state index in [9.17, 15) is 14.7 Å². The monoisotopic (exact) mass is 454 g/mol. The smallest absolute Gasteiger partial charge is 0.315 e. The highest BCUT2D eigenvalue weighted by molar-refractivity contribution is 5.96. The van der Waals surface area contributed by atoms with E-state index in [-0.39, 0.29) is 24.4 Å². The Hall–Kier alpha value is -2.44. The second kappa shape index (κ2) is 7.28. The lowest BCUT2D eigenvalue weighted by Gasteiger charge is -2.57. The van der Waals surface area contributed by atoms with Crippen molar-refractivity contribution in [2.24, 2.45) is 51.0 Å². The van der Waals surface area contributed by atoms with E-state index in [1.165, 1.54) is 0 Å². The van der Waals surface area contributed by atoms with Gasteiger partial charge in [0.15, 0.2) is 0 Å². The number of carbonyl (C=O) groups excluding carboxylic acids is 1. The highest BCUT2D eigenvalue weighted by Gasteiger charge is 2.84. The Bertz CT molecular complexity index is 1040. The molecule has 3 fully saturated rings. The number of rotatable bonds is 7. The van der Waals surface area contributed by atoms with Crippen molar-refractivity contribution in [2.75, 3.05) is 0 Å². The highest BCUT2D eigenvalue weighted by Crippen LogP contribution is 2.82. The summed E-state index contributed by atoms with van der Waals surface area (Å²) in [5.74, 6) is 0.714. The van der Waals surface area contributed by atoms with Gasteiger partial charge >= 0.3 is 5.97 Å². The lowest BCUT2D eigenvalue weighted by atomic mass is 9.43. The molecule has 4 aliphatic carbocycles. The second-order valence-corrected chi connectivity index (χ2v) is 11.2. The fourth-order valence-corrected chi connectivity index (χ4v) is 8.43. The van der Waals surface area contributed by atoms with Gasteiger partial charge in [0.25, 0.3) is 0 Å². The predicted molar refractivity (Wildman–Crippen MR) is 121 cm³/mol. The molecule has 5 rings (SSSR count). The molecule has 4 bridgehead atoms. The van der Waals surface area contributed by atoms with Gasteiger partial charge < -0.3 is 19.3 Å². The number of carboxylic acids is 1. The van der Waals surface area contributed by atoms with Gasteiger partial charge in [-0.3, -0.25) is 4.79 Å². The van der Waals surface area contributed by atoms with Crippen molar-refractivity contribution in [3.63, 3.8) is 0 Å². The number of aryl methyl sites for hydroxylation is 2. The number of fused-ring (bicyclic) bond motifs is 2. The Morgan fingerprint density at radius 3 is 2.70 bits per heavy atom. The summed E-state index contributed by atoms with van der Waals surface area (Å²) in [6.45, 7) is 10.2. The maximum absolute atomic E-state index is 13.3. The third-order valence-corrected chi connectivity index (χ3v) is 9.75. The van der Waals surface area contributed by atoms with Gasteiger partial charge in [0.05, 0.1) is 22.9 Å². The maximum Gasteiger partial charge on any atom is 0.315 e. The Morgan fingerprint density at radius 1 is 1.33 bits per heavy atom. The minimum absolute atomic E-state index is 0.0274. The zero-order chi connectivity index (χ0) is 23.8. The average molecular weight is 455 g/mol. The number of carbonyl (C=O) groups is 2. The number of carboxylic acid groups (broad SMARTS) is 1. The van der Waals surface area contributed by atoms with Gasteiger partial charge in [-0.25, -0.2) is 0 Å². The van der Waals surface area contributed by atoms with Gasteiger partial charge in [0, 0.05) is 5.41 Å². The fraction of sp³-hybridized carbons (Fsp3) is 0.692. The number of aromatic nitrogens is 1. The third kappa shape index (κ3) is 2.51. The molecule has 1 heterocycles. The first-order valence-corrected chi connectivity index (χ1v) is 12.2. The molecule has 7 nitrogen and oxygen atoms in total. The molecule has 1 aromatic rings. The first kappa shape index (κ1) is 22.4. The van der Waals surface area contributed by atoms with Crippen LogP contribution >= 0.6 is 0 Å². The minimum Gasteiger partial charge on any atom is -0.481 e. The summed E-state index contributed by atoms with van der Waals surface area (Å²) in [7, 11) is 0. The summed E-state index contributed by atoms with van der Waals surface area (Å²) in [6, 6.07) is 0. The summed E-state index contributed by atoms with van der Waals surface area (Å²) in [4.78, 5) is 32.0. The van der Waals surface area contributed by atoms with Gasteiger partial charge in [-0.05, 0) is 62.7 Å². The zero-order valence-electron chi connectivity index (χ0n) is 20.1. The average Bonchev–Trinajstić information content (AvgIpc) is 3.44.